The predicted molar refractivity (Wildman–Crippen MR) is 77.1 cm³/mol. The maximum atomic E-state index is 11.8. The highest BCUT2D eigenvalue weighted by atomic mass is 16.6. The first kappa shape index (κ1) is 15.2. The fourth-order valence-corrected chi connectivity index (χ4v) is 2.03. The summed E-state index contributed by atoms with van der Waals surface area (Å²) < 4.78 is 5.23. The van der Waals surface area contributed by atoms with Crippen LogP contribution in [0.25, 0.3) is 0 Å². The van der Waals surface area contributed by atoms with Crippen LogP contribution in [0.15, 0.2) is 18.2 Å². The SMILES string of the molecule is CCNC(=O)c1ccc([N+](=O)[O-])c(NN2CCOCC2)c1. The quantitative estimate of drug-likeness (QED) is 0.621. The van der Waals surface area contributed by atoms with Crippen molar-refractivity contribution >= 4 is 17.3 Å². The molecule has 1 saturated heterocycles. The molecule has 1 amide bonds. The summed E-state index contributed by atoms with van der Waals surface area (Å²) in [6.07, 6.45) is 0. The third-order valence-corrected chi connectivity index (χ3v) is 3.08. The minimum atomic E-state index is -0.468. The largest absolute Gasteiger partial charge is 0.379 e. The lowest BCUT2D eigenvalue weighted by molar-refractivity contribution is -0.384. The number of anilines is 1. The number of carbonyl (C=O) groups is 1. The number of hydrogen-bond acceptors (Lipinski definition) is 6. The Balaban J connectivity index is 2.23. The molecule has 0 radical (unpaired) electrons. The van der Waals surface area contributed by atoms with Gasteiger partial charge in [0.1, 0.15) is 5.69 Å². The lowest BCUT2D eigenvalue weighted by atomic mass is 10.1. The maximum absolute atomic E-state index is 11.8. The third kappa shape index (κ3) is 3.89. The van der Waals surface area contributed by atoms with Gasteiger partial charge in [-0.15, -0.1) is 0 Å². The van der Waals surface area contributed by atoms with E-state index in [1.165, 1.54) is 18.2 Å². The molecule has 0 saturated carbocycles. The molecule has 0 unspecified atom stereocenters. The number of ether oxygens (including phenoxy) is 1. The lowest BCUT2D eigenvalue weighted by Crippen LogP contribution is -2.40. The van der Waals surface area contributed by atoms with Crippen LogP contribution >= 0.6 is 0 Å². The zero-order valence-electron chi connectivity index (χ0n) is 11.8. The van der Waals surface area contributed by atoms with E-state index in [1.807, 2.05) is 11.9 Å². The van der Waals surface area contributed by atoms with E-state index >= 15 is 0 Å². The molecule has 8 heteroatoms. The first-order chi connectivity index (χ1) is 10.1. The second-order valence-corrected chi connectivity index (χ2v) is 4.56. The van der Waals surface area contributed by atoms with Crippen LogP contribution in [0.5, 0.6) is 0 Å². The van der Waals surface area contributed by atoms with E-state index in [1.54, 1.807) is 0 Å². The standard InChI is InChI=1S/C13H18N4O4/c1-2-14-13(18)10-3-4-12(17(19)20)11(9-10)15-16-5-7-21-8-6-16/h3-4,9,15H,2,5-8H2,1H3,(H,14,18). The Labute approximate surface area is 122 Å². The smallest absolute Gasteiger partial charge is 0.293 e. The minimum absolute atomic E-state index is 0.0606. The van der Waals surface area contributed by atoms with Gasteiger partial charge in [-0.3, -0.25) is 14.9 Å². The van der Waals surface area contributed by atoms with Gasteiger partial charge in [0.15, 0.2) is 0 Å². The lowest BCUT2D eigenvalue weighted by Gasteiger charge is -2.27. The van der Waals surface area contributed by atoms with Crippen LogP contribution in [0, 0.1) is 10.1 Å². The van der Waals surface area contributed by atoms with E-state index in [9.17, 15) is 14.9 Å². The molecule has 21 heavy (non-hydrogen) atoms. The van der Waals surface area contributed by atoms with Crippen molar-refractivity contribution in [2.45, 2.75) is 6.92 Å². The summed E-state index contributed by atoms with van der Waals surface area (Å²) in [6.45, 7) is 4.71. The van der Waals surface area contributed by atoms with Gasteiger partial charge in [-0.1, -0.05) is 0 Å². The summed E-state index contributed by atoms with van der Waals surface area (Å²) in [6, 6.07) is 4.29. The predicted octanol–water partition coefficient (Wildman–Crippen LogP) is 1.00. The highest BCUT2D eigenvalue weighted by Gasteiger charge is 2.19. The van der Waals surface area contributed by atoms with E-state index in [0.717, 1.165) is 0 Å². The Hall–Kier alpha value is -2.19. The van der Waals surface area contributed by atoms with Crippen molar-refractivity contribution in [1.82, 2.24) is 10.3 Å². The molecule has 2 rings (SSSR count). The average molecular weight is 294 g/mol. The highest BCUT2D eigenvalue weighted by molar-refractivity contribution is 5.95. The van der Waals surface area contributed by atoms with Crippen LogP contribution in [-0.4, -0.2) is 48.7 Å². The van der Waals surface area contributed by atoms with E-state index in [-0.39, 0.29) is 11.6 Å². The minimum Gasteiger partial charge on any atom is -0.379 e. The Kier molecular flexibility index (Phi) is 5.07. The number of morpholine rings is 1. The van der Waals surface area contributed by atoms with Crippen LogP contribution in [0.2, 0.25) is 0 Å². The number of rotatable bonds is 5. The fourth-order valence-electron chi connectivity index (χ4n) is 2.03. The van der Waals surface area contributed by atoms with Crippen molar-refractivity contribution in [3.8, 4) is 0 Å². The summed E-state index contributed by atoms with van der Waals surface area (Å²) in [7, 11) is 0. The normalized spacial score (nSPS) is 15.5. The van der Waals surface area contributed by atoms with Crippen molar-refractivity contribution < 1.29 is 14.5 Å². The molecule has 114 valence electrons. The molecule has 0 bridgehead atoms. The summed E-state index contributed by atoms with van der Waals surface area (Å²) >= 11 is 0. The number of hydrazine groups is 1. The van der Waals surface area contributed by atoms with Crippen molar-refractivity contribution in [2.24, 2.45) is 0 Å². The van der Waals surface area contributed by atoms with Gasteiger partial charge in [-0.05, 0) is 19.1 Å². The van der Waals surface area contributed by atoms with Gasteiger partial charge in [0.25, 0.3) is 11.6 Å². The summed E-state index contributed by atoms with van der Waals surface area (Å²) in [5.41, 5.74) is 3.64. The Morgan fingerprint density at radius 1 is 1.43 bits per heavy atom. The van der Waals surface area contributed by atoms with Crippen LogP contribution in [0.4, 0.5) is 11.4 Å². The zero-order chi connectivity index (χ0) is 15.2. The van der Waals surface area contributed by atoms with Crippen molar-refractivity contribution in [1.29, 1.82) is 0 Å². The molecular formula is C13H18N4O4. The van der Waals surface area contributed by atoms with Gasteiger partial charge in [-0.2, -0.15) is 0 Å². The number of benzene rings is 1. The molecule has 2 N–H and O–H groups in total. The summed E-state index contributed by atoms with van der Waals surface area (Å²) in [4.78, 5) is 22.5. The Morgan fingerprint density at radius 3 is 2.76 bits per heavy atom. The van der Waals surface area contributed by atoms with E-state index in [2.05, 4.69) is 10.7 Å². The fraction of sp³-hybridized carbons (Fsp3) is 0.462. The molecule has 0 spiro atoms. The van der Waals surface area contributed by atoms with Gasteiger partial charge in [0, 0.05) is 31.3 Å². The Bertz CT molecular complexity index is 529. The number of nitrogens with one attached hydrogen (secondary N) is 2. The summed E-state index contributed by atoms with van der Waals surface area (Å²) in [5.74, 6) is -0.252. The van der Waals surface area contributed by atoms with E-state index < -0.39 is 4.92 Å². The molecule has 0 aromatic heterocycles. The molecule has 0 aliphatic carbocycles. The number of nitro benzene ring substituents is 1. The van der Waals surface area contributed by atoms with Gasteiger partial charge in [0.05, 0.1) is 18.1 Å². The first-order valence-corrected chi connectivity index (χ1v) is 6.77. The second-order valence-electron chi connectivity index (χ2n) is 4.56. The molecule has 1 aromatic rings. The molecule has 8 nitrogen and oxygen atoms in total. The number of amides is 1. The highest BCUT2D eigenvalue weighted by Crippen LogP contribution is 2.26. The molecule has 1 fully saturated rings. The first-order valence-electron chi connectivity index (χ1n) is 6.77. The van der Waals surface area contributed by atoms with Gasteiger partial charge >= 0.3 is 0 Å². The molecular weight excluding hydrogens is 276 g/mol. The Morgan fingerprint density at radius 2 is 2.14 bits per heavy atom. The van der Waals surface area contributed by atoms with Gasteiger partial charge in [0.2, 0.25) is 0 Å². The van der Waals surface area contributed by atoms with E-state index in [4.69, 9.17) is 4.74 Å². The summed E-state index contributed by atoms with van der Waals surface area (Å²) in [5, 5.41) is 15.6. The second kappa shape index (κ2) is 7.00. The third-order valence-electron chi connectivity index (χ3n) is 3.08. The van der Waals surface area contributed by atoms with Crippen LogP contribution in [-0.2, 0) is 4.74 Å². The van der Waals surface area contributed by atoms with Crippen molar-refractivity contribution in [3.63, 3.8) is 0 Å². The molecule has 0 atom stereocenters. The molecule has 1 aliphatic rings. The number of nitrogens with zero attached hydrogens (tertiary/aromatic N) is 2. The number of carbonyl (C=O) groups excluding carboxylic acids is 1. The monoisotopic (exact) mass is 294 g/mol. The topological polar surface area (TPSA) is 96.7 Å². The molecule has 1 heterocycles. The maximum Gasteiger partial charge on any atom is 0.293 e. The number of nitro groups is 1. The van der Waals surface area contributed by atoms with E-state index in [0.29, 0.717) is 44.1 Å². The van der Waals surface area contributed by atoms with Crippen LogP contribution in [0.1, 0.15) is 17.3 Å². The van der Waals surface area contributed by atoms with Crippen LogP contribution in [0.3, 0.4) is 0 Å². The van der Waals surface area contributed by atoms with Crippen molar-refractivity contribution in [2.75, 3.05) is 38.3 Å². The number of hydrogen-bond donors (Lipinski definition) is 2. The molecule has 1 aliphatic heterocycles. The van der Waals surface area contributed by atoms with Crippen molar-refractivity contribution in [3.05, 3.63) is 33.9 Å². The van der Waals surface area contributed by atoms with Gasteiger partial charge in [-0.25, -0.2) is 5.01 Å². The average Bonchev–Trinajstić information content (AvgIpc) is 2.48. The van der Waals surface area contributed by atoms with Crippen LogP contribution < -0.4 is 10.7 Å². The van der Waals surface area contributed by atoms with Gasteiger partial charge < -0.3 is 15.5 Å². The molecule has 1 aromatic carbocycles. The zero-order valence-corrected chi connectivity index (χ0v) is 11.8.